The molecule has 63 heavy (non-hydrogen) atoms. The van der Waals surface area contributed by atoms with Crippen molar-refractivity contribution in [3.05, 3.63) is 191 Å². The molecule has 0 saturated carbocycles. The van der Waals surface area contributed by atoms with Crippen molar-refractivity contribution < 1.29 is 24.2 Å². The molecular formula is C56H50BIrN5-2. The predicted molar refractivity (Wildman–Crippen MR) is 259 cm³/mol. The topological polar surface area (TPSA) is 36.7 Å². The summed E-state index contributed by atoms with van der Waals surface area (Å²) in [5, 5.41) is 3.66. The summed E-state index contributed by atoms with van der Waals surface area (Å²) in [7, 11) is 0. The number of fused-ring (bicyclic) bond motifs is 6. The SMILES string of the molecule is CC1(C)CC2(C)c3c(nc4c5[c-]cccc5c5cccc(c5n34)C2(C)C)-c2ccccc21.[2H]C([2H])([2H])c1ccnc2c1N(c1ccccc1)B(c1c(C)cccc1C)N2c1[c-]cccc1.[Ir]. The minimum atomic E-state index is -2.29. The molecular weight excluding hydrogens is 946 g/mol. The summed E-state index contributed by atoms with van der Waals surface area (Å²) in [6, 6.07) is 54.5. The van der Waals surface area contributed by atoms with Crippen LogP contribution in [0.25, 0.3) is 38.6 Å². The summed E-state index contributed by atoms with van der Waals surface area (Å²) in [6.07, 6.45) is 2.66. The predicted octanol–water partition coefficient (Wildman–Crippen LogP) is 12.8. The van der Waals surface area contributed by atoms with Crippen molar-refractivity contribution in [2.45, 2.75) is 78.0 Å². The Labute approximate surface area is 389 Å². The molecule has 7 heteroatoms. The second kappa shape index (κ2) is 14.8. The molecule has 0 bridgehead atoms. The molecule has 0 spiro atoms. The van der Waals surface area contributed by atoms with E-state index in [-0.39, 0.29) is 48.9 Å². The fourth-order valence-electron chi connectivity index (χ4n) is 11.4. The van der Waals surface area contributed by atoms with Gasteiger partial charge in [0.05, 0.1) is 17.0 Å². The smallest absolute Gasteiger partial charge is 0.367 e. The quantitative estimate of drug-likeness (QED) is 0.100. The average Bonchev–Trinajstić information content (AvgIpc) is 3.85. The van der Waals surface area contributed by atoms with Crippen molar-refractivity contribution in [1.29, 1.82) is 0 Å². The second-order valence-corrected chi connectivity index (χ2v) is 18.7. The summed E-state index contributed by atoms with van der Waals surface area (Å²) < 4.78 is 27.3. The van der Waals surface area contributed by atoms with E-state index in [1.165, 1.54) is 38.7 Å². The molecule has 3 aliphatic rings. The first-order chi connectivity index (χ1) is 31.1. The summed E-state index contributed by atoms with van der Waals surface area (Å²) in [5.74, 6) is 0.614. The molecule has 1 radical (unpaired) electrons. The summed E-state index contributed by atoms with van der Waals surface area (Å²) in [4.78, 5) is 14.4. The number of aryl methyl sites for hydroxylation is 3. The molecule has 0 saturated heterocycles. The van der Waals surface area contributed by atoms with Crippen molar-refractivity contribution in [1.82, 2.24) is 14.4 Å². The van der Waals surface area contributed by atoms with E-state index >= 15 is 0 Å². The van der Waals surface area contributed by atoms with Crippen LogP contribution in [0.4, 0.5) is 22.9 Å². The first-order valence-electron chi connectivity index (χ1n) is 23.2. The second-order valence-electron chi connectivity index (χ2n) is 18.7. The van der Waals surface area contributed by atoms with Crippen molar-refractivity contribution in [3.8, 4) is 11.3 Å². The number of anilines is 4. The fraction of sp³-hybridized carbons (Fsp3) is 0.214. The van der Waals surface area contributed by atoms with Gasteiger partial charge < -0.3 is 14.0 Å². The number of aromatic nitrogens is 3. The van der Waals surface area contributed by atoms with Crippen LogP contribution in [0.2, 0.25) is 0 Å². The van der Waals surface area contributed by atoms with Crippen molar-refractivity contribution in [2.24, 2.45) is 0 Å². The zero-order valence-electron chi connectivity index (χ0n) is 39.7. The monoisotopic (exact) mass is 999 g/mol. The molecule has 2 aliphatic heterocycles. The van der Waals surface area contributed by atoms with Crippen LogP contribution in [-0.4, -0.2) is 21.4 Å². The zero-order chi connectivity index (χ0) is 45.2. The van der Waals surface area contributed by atoms with Crippen LogP contribution in [0.15, 0.2) is 146 Å². The van der Waals surface area contributed by atoms with Crippen molar-refractivity contribution in [3.63, 3.8) is 0 Å². The van der Waals surface area contributed by atoms with Crippen LogP contribution in [0.5, 0.6) is 0 Å². The third-order valence-corrected chi connectivity index (χ3v) is 14.4. The van der Waals surface area contributed by atoms with E-state index in [0.717, 1.165) is 51.1 Å². The van der Waals surface area contributed by atoms with Crippen LogP contribution >= 0.6 is 0 Å². The van der Waals surface area contributed by atoms with Gasteiger partial charge in [-0.3, -0.25) is 4.98 Å². The molecule has 1 aliphatic carbocycles. The zero-order valence-corrected chi connectivity index (χ0v) is 39.1. The van der Waals surface area contributed by atoms with Crippen LogP contribution in [0, 0.1) is 32.8 Å². The molecule has 1 atom stereocenters. The molecule has 0 fully saturated rings. The van der Waals surface area contributed by atoms with Crippen LogP contribution in [0.3, 0.4) is 0 Å². The van der Waals surface area contributed by atoms with Crippen LogP contribution < -0.4 is 15.1 Å². The Morgan fingerprint density at radius 1 is 0.683 bits per heavy atom. The third kappa shape index (κ3) is 5.85. The maximum Gasteiger partial charge on any atom is 0.420 e. The van der Waals surface area contributed by atoms with Crippen molar-refractivity contribution in [2.75, 3.05) is 9.62 Å². The normalized spacial score (nSPS) is 18.5. The van der Waals surface area contributed by atoms with Crippen molar-refractivity contribution >= 4 is 62.6 Å². The van der Waals surface area contributed by atoms with Gasteiger partial charge in [0.25, 0.3) is 0 Å². The van der Waals surface area contributed by atoms with Gasteiger partial charge in [-0.05, 0) is 78.3 Å². The van der Waals surface area contributed by atoms with E-state index < -0.39 is 6.85 Å². The number of para-hydroxylation sites is 3. The van der Waals surface area contributed by atoms with Gasteiger partial charge in [-0.15, -0.1) is 35.7 Å². The average molecular weight is 999 g/mol. The number of pyridine rings is 2. The summed E-state index contributed by atoms with van der Waals surface area (Å²) in [5.41, 5.74) is 14.9. The van der Waals surface area contributed by atoms with E-state index in [0.29, 0.717) is 11.5 Å². The maximum absolute atomic E-state index is 8.27. The van der Waals surface area contributed by atoms with Gasteiger partial charge in [-0.1, -0.05) is 136 Å². The molecule has 0 N–H and O–H groups in total. The Balaban J connectivity index is 0.000000153. The number of rotatable bonds is 3. The van der Waals surface area contributed by atoms with Gasteiger partial charge in [0, 0.05) is 63.7 Å². The number of hydrogen-bond acceptors (Lipinski definition) is 4. The first-order valence-corrected chi connectivity index (χ1v) is 21.7. The minimum absolute atomic E-state index is 0. The Hall–Kier alpha value is -6.01. The first kappa shape index (κ1) is 37.5. The Bertz CT molecular complexity index is 3350. The molecule has 0 amide bonds. The molecule has 6 aromatic carbocycles. The van der Waals surface area contributed by atoms with E-state index in [4.69, 9.17) is 14.1 Å². The molecule has 12 rings (SSSR count). The number of imidazole rings is 1. The van der Waals surface area contributed by atoms with Gasteiger partial charge in [0.1, 0.15) is 5.82 Å². The standard InChI is InChI=1S/C30H27N2.C26H23BN3.Ir/c1-28(2)17-30(5)26-24(21-13-8-9-15-22(21)28)31-27-20-12-7-6-11-18(20)19-14-10-16-23(29(30,3)4)25(19)32(26)27;1-19-11-10-12-20(2)24(19)27-29(22-13-6-4-7-14-22)25-21(3)17-18-28-26(25)30(27)23-15-8-5-9-16-23;/h6-11,13-16H,17H2,1-5H3;4-15,17-18H,1-3H3;/q2*-1;/i;3D3;. The Morgan fingerprint density at radius 2 is 1.38 bits per heavy atom. The third-order valence-electron chi connectivity index (χ3n) is 14.4. The minimum Gasteiger partial charge on any atom is -0.367 e. The fourth-order valence-corrected chi connectivity index (χ4v) is 11.4. The van der Waals surface area contributed by atoms with E-state index in [2.05, 4.69) is 141 Å². The summed E-state index contributed by atoms with van der Waals surface area (Å²) >= 11 is 0. The van der Waals surface area contributed by atoms with Gasteiger partial charge in [0.2, 0.25) is 0 Å². The molecule has 313 valence electrons. The number of nitrogens with zero attached hydrogens (tertiary/aromatic N) is 5. The van der Waals surface area contributed by atoms with Crippen LogP contribution in [-0.2, 0) is 36.4 Å². The molecule has 5 heterocycles. The van der Waals surface area contributed by atoms with E-state index in [9.17, 15) is 0 Å². The van der Waals surface area contributed by atoms with Gasteiger partial charge in [0.15, 0.2) is 0 Å². The van der Waals surface area contributed by atoms with Gasteiger partial charge in [-0.2, -0.15) is 24.3 Å². The molecule has 9 aromatic rings. The van der Waals surface area contributed by atoms with E-state index in [1.54, 1.807) is 12.3 Å². The maximum atomic E-state index is 8.27. The molecule has 3 aromatic heterocycles. The molecule has 1 unspecified atom stereocenters. The summed E-state index contributed by atoms with van der Waals surface area (Å²) in [6.45, 7) is 13.8. The Morgan fingerprint density at radius 3 is 2.14 bits per heavy atom. The largest absolute Gasteiger partial charge is 0.420 e. The van der Waals surface area contributed by atoms with Gasteiger partial charge >= 0.3 is 6.98 Å². The number of hydrogen-bond donors (Lipinski definition) is 0. The van der Waals surface area contributed by atoms with Gasteiger partial charge in [-0.25, -0.2) is 4.98 Å². The Kier molecular flexibility index (Phi) is 8.81. The number of benzene rings is 6. The van der Waals surface area contributed by atoms with E-state index in [1.807, 2.05) is 66.7 Å². The molecule has 5 nitrogen and oxygen atoms in total. The van der Waals surface area contributed by atoms with Crippen LogP contribution in [0.1, 0.15) is 78.7 Å².